The van der Waals surface area contributed by atoms with Crippen LogP contribution < -0.4 is 5.73 Å². The molecule has 0 amide bonds. The highest BCUT2D eigenvalue weighted by molar-refractivity contribution is 5.41. The van der Waals surface area contributed by atoms with E-state index in [1.165, 1.54) is 13.0 Å². The van der Waals surface area contributed by atoms with Crippen molar-refractivity contribution < 1.29 is 18.1 Å². The van der Waals surface area contributed by atoms with Gasteiger partial charge in [-0.15, -0.1) is 0 Å². The van der Waals surface area contributed by atoms with Gasteiger partial charge in [0.2, 0.25) is 0 Å². The van der Waals surface area contributed by atoms with Gasteiger partial charge in [-0.05, 0) is 18.1 Å². The molecule has 88 valence electrons. The van der Waals surface area contributed by atoms with Gasteiger partial charge in [0.05, 0.1) is 4.92 Å². The number of nitrogens with two attached hydrogens (primary N) is 1. The molecule has 4 nitrogen and oxygen atoms in total. The molecule has 2 N–H and O–H groups in total. The third-order valence-corrected chi connectivity index (χ3v) is 2.16. The Labute approximate surface area is 89.0 Å². The van der Waals surface area contributed by atoms with Crippen molar-refractivity contribution in [2.75, 3.05) is 0 Å². The van der Waals surface area contributed by atoms with E-state index < -0.39 is 22.8 Å². The quantitative estimate of drug-likeness (QED) is 0.631. The minimum absolute atomic E-state index is 0.274. The molecule has 0 spiro atoms. The summed E-state index contributed by atoms with van der Waals surface area (Å²) in [5.41, 5.74) is 4.59. The van der Waals surface area contributed by atoms with E-state index in [-0.39, 0.29) is 11.1 Å². The Morgan fingerprint density at radius 1 is 1.44 bits per heavy atom. The van der Waals surface area contributed by atoms with E-state index in [0.717, 1.165) is 12.1 Å². The molecule has 0 aliphatic rings. The summed E-state index contributed by atoms with van der Waals surface area (Å²) in [4.78, 5) is 9.66. The van der Waals surface area contributed by atoms with Gasteiger partial charge >= 0.3 is 6.18 Å². The first-order valence-corrected chi connectivity index (χ1v) is 4.30. The van der Waals surface area contributed by atoms with Crippen molar-refractivity contribution in [3.63, 3.8) is 0 Å². The number of non-ortho nitro benzene ring substituents is 1. The monoisotopic (exact) mass is 234 g/mol. The van der Waals surface area contributed by atoms with E-state index in [2.05, 4.69) is 0 Å². The van der Waals surface area contributed by atoms with Crippen molar-refractivity contribution in [3.8, 4) is 0 Å². The lowest BCUT2D eigenvalue weighted by Crippen LogP contribution is -2.29. The number of hydrogen-bond acceptors (Lipinski definition) is 3. The van der Waals surface area contributed by atoms with Crippen LogP contribution in [0.5, 0.6) is 0 Å². The zero-order chi connectivity index (χ0) is 12.5. The van der Waals surface area contributed by atoms with Crippen molar-refractivity contribution in [3.05, 3.63) is 39.4 Å². The molecule has 1 rings (SSSR count). The fourth-order valence-corrected chi connectivity index (χ4v) is 1.25. The number of alkyl halides is 3. The molecule has 0 aliphatic carbocycles. The zero-order valence-corrected chi connectivity index (χ0v) is 8.28. The summed E-state index contributed by atoms with van der Waals surface area (Å²) in [7, 11) is 0. The van der Waals surface area contributed by atoms with Crippen molar-refractivity contribution in [2.45, 2.75) is 19.1 Å². The van der Waals surface area contributed by atoms with E-state index in [1.54, 1.807) is 0 Å². The largest absolute Gasteiger partial charge is 0.407 e. The summed E-state index contributed by atoms with van der Waals surface area (Å²) < 4.78 is 37.1. The molecule has 0 bridgehead atoms. The lowest BCUT2D eigenvalue weighted by molar-refractivity contribution is -0.385. The van der Waals surface area contributed by atoms with Crippen LogP contribution in [0.2, 0.25) is 0 Å². The van der Waals surface area contributed by atoms with Gasteiger partial charge in [0.15, 0.2) is 0 Å². The van der Waals surface area contributed by atoms with Gasteiger partial charge in [0.1, 0.15) is 6.04 Å². The maximum Gasteiger partial charge on any atom is 0.407 e. The first kappa shape index (κ1) is 12.4. The molecule has 0 fully saturated rings. The maximum absolute atomic E-state index is 12.4. The first-order valence-electron chi connectivity index (χ1n) is 4.30. The van der Waals surface area contributed by atoms with Crippen LogP contribution in [0.3, 0.4) is 0 Å². The Hall–Kier alpha value is -1.63. The van der Waals surface area contributed by atoms with Crippen molar-refractivity contribution in [1.29, 1.82) is 0 Å². The molecular weight excluding hydrogens is 225 g/mol. The number of halogens is 3. The summed E-state index contributed by atoms with van der Waals surface area (Å²) in [6.07, 6.45) is -4.61. The first-order chi connectivity index (χ1) is 7.23. The van der Waals surface area contributed by atoms with Crippen LogP contribution in [-0.4, -0.2) is 11.1 Å². The SMILES string of the molecule is Cc1ccc([N+](=O)[O-])cc1C(N)C(F)(F)F. The zero-order valence-electron chi connectivity index (χ0n) is 8.28. The van der Waals surface area contributed by atoms with Gasteiger partial charge < -0.3 is 5.73 Å². The van der Waals surface area contributed by atoms with Crippen LogP contribution >= 0.6 is 0 Å². The van der Waals surface area contributed by atoms with E-state index in [9.17, 15) is 23.3 Å². The second kappa shape index (κ2) is 4.09. The molecule has 1 unspecified atom stereocenters. The highest BCUT2D eigenvalue weighted by Crippen LogP contribution is 2.33. The summed E-state index contributed by atoms with van der Waals surface area (Å²) in [5, 5.41) is 10.4. The number of hydrogen-bond donors (Lipinski definition) is 1. The lowest BCUT2D eigenvalue weighted by Gasteiger charge is -2.17. The molecule has 0 saturated heterocycles. The van der Waals surface area contributed by atoms with Gasteiger partial charge in [-0.2, -0.15) is 13.2 Å². The second-order valence-electron chi connectivity index (χ2n) is 3.32. The van der Waals surface area contributed by atoms with Gasteiger partial charge in [0.25, 0.3) is 5.69 Å². The van der Waals surface area contributed by atoms with Crippen LogP contribution in [0, 0.1) is 17.0 Å². The fraction of sp³-hybridized carbons (Fsp3) is 0.333. The van der Waals surface area contributed by atoms with Crippen molar-refractivity contribution >= 4 is 5.69 Å². The van der Waals surface area contributed by atoms with E-state index >= 15 is 0 Å². The normalized spacial score (nSPS) is 13.6. The molecule has 1 aromatic carbocycles. The Morgan fingerprint density at radius 3 is 2.44 bits per heavy atom. The highest BCUT2D eigenvalue weighted by Gasteiger charge is 2.39. The highest BCUT2D eigenvalue weighted by atomic mass is 19.4. The number of benzene rings is 1. The second-order valence-corrected chi connectivity index (χ2v) is 3.32. The van der Waals surface area contributed by atoms with Gasteiger partial charge in [-0.1, -0.05) is 6.07 Å². The smallest absolute Gasteiger partial charge is 0.316 e. The molecule has 7 heteroatoms. The number of nitrogens with zero attached hydrogens (tertiary/aromatic N) is 1. The van der Waals surface area contributed by atoms with E-state index in [0.29, 0.717) is 0 Å². The topological polar surface area (TPSA) is 69.2 Å². The van der Waals surface area contributed by atoms with Crippen LogP contribution in [0.4, 0.5) is 18.9 Å². The molecule has 0 heterocycles. The van der Waals surface area contributed by atoms with Gasteiger partial charge in [-0.25, -0.2) is 0 Å². The maximum atomic E-state index is 12.4. The number of nitro benzene ring substituents is 1. The number of aryl methyl sites for hydroxylation is 1. The summed E-state index contributed by atoms with van der Waals surface area (Å²) in [5.74, 6) is 0. The lowest BCUT2D eigenvalue weighted by atomic mass is 10.0. The van der Waals surface area contributed by atoms with Crippen LogP contribution in [0.25, 0.3) is 0 Å². The van der Waals surface area contributed by atoms with Crippen LogP contribution in [-0.2, 0) is 0 Å². The Morgan fingerprint density at radius 2 is 2.00 bits per heavy atom. The molecule has 1 atom stereocenters. The van der Waals surface area contributed by atoms with E-state index in [1.807, 2.05) is 0 Å². The third kappa shape index (κ3) is 2.48. The number of rotatable bonds is 2. The number of nitro groups is 1. The predicted octanol–water partition coefficient (Wildman–Crippen LogP) is 2.47. The molecule has 0 saturated carbocycles. The average molecular weight is 234 g/mol. The minimum Gasteiger partial charge on any atom is -0.316 e. The summed E-state index contributed by atoms with van der Waals surface area (Å²) in [6, 6.07) is 1.04. The third-order valence-electron chi connectivity index (χ3n) is 2.16. The van der Waals surface area contributed by atoms with Crippen molar-refractivity contribution in [2.24, 2.45) is 5.73 Å². The van der Waals surface area contributed by atoms with Gasteiger partial charge in [-0.3, -0.25) is 10.1 Å². The molecular formula is C9H9F3N2O2. The summed E-state index contributed by atoms with van der Waals surface area (Å²) in [6.45, 7) is 1.42. The van der Waals surface area contributed by atoms with E-state index in [4.69, 9.17) is 5.73 Å². The van der Waals surface area contributed by atoms with Gasteiger partial charge in [0, 0.05) is 12.1 Å². The molecule has 16 heavy (non-hydrogen) atoms. The van der Waals surface area contributed by atoms with Crippen LogP contribution in [0.1, 0.15) is 17.2 Å². The predicted molar refractivity (Wildman–Crippen MR) is 50.8 cm³/mol. The van der Waals surface area contributed by atoms with Crippen LogP contribution in [0.15, 0.2) is 18.2 Å². The molecule has 0 radical (unpaired) electrons. The standard InChI is InChI=1S/C9H9F3N2O2/c1-5-2-3-6(14(15)16)4-7(5)8(13)9(10,11)12/h2-4,8H,13H2,1H3. The Balaban J connectivity index is 3.22. The van der Waals surface area contributed by atoms with Crippen molar-refractivity contribution in [1.82, 2.24) is 0 Å². The molecule has 0 aliphatic heterocycles. The summed E-state index contributed by atoms with van der Waals surface area (Å²) >= 11 is 0. The fourth-order valence-electron chi connectivity index (χ4n) is 1.25. The molecule has 1 aromatic rings. The molecule has 0 aromatic heterocycles. The Bertz CT molecular complexity index is 418. The minimum atomic E-state index is -4.61. The Kier molecular flexibility index (Phi) is 3.18. The average Bonchev–Trinajstić information content (AvgIpc) is 2.15.